The van der Waals surface area contributed by atoms with E-state index in [0.717, 1.165) is 5.69 Å². The average Bonchev–Trinajstić information content (AvgIpc) is 2.64. The Balaban J connectivity index is 1.99. The number of hydrogen-bond acceptors (Lipinski definition) is 1. The molecular formula is C13H16N2O. The Morgan fingerprint density at radius 1 is 1.62 bits per heavy atom. The molecular weight excluding hydrogens is 200 g/mol. The van der Waals surface area contributed by atoms with Gasteiger partial charge in [0.15, 0.2) is 0 Å². The SMILES string of the molecule is C#CCCNC(=O)c1cccn1C1CCC1. The van der Waals surface area contributed by atoms with Crippen LogP contribution in [0.25, 0.3) is 0 Å². The van der Waals surface area contributed by atoms with E-state index in [9.17, 15) is 4.79 Å². The molecule has 0 spiro atoms. The van der Waals surface area contributed by atoms with Crippen LogP contribution in [0.4, 0.5) is 0 Å². The molecule has 0 radical (unpaired) electrons. The van der Waals surface area contributed by atoms with Gasteiger partial charge in [-0.05, 0) is 31.4 Å². The summed E-state index contributed by atoms with van der Waals surface area (Å²) in [7, 11) is 0. The van der Waals surface area contributed by atoms with Crippen LogP contribution in [0.3, 0.4) is 0 Å². The van der Waals surface area contributed by atoms with Crippen molar-refractivity contribution >= 4 is 5.91 Å². The lowest BCUT2D eigenvalue weighted by molar-refractivity contribution is 0.0939. The largest absolute Gasteiger partial charge is 0.350 e. The maximum absolute atomic E-state index is 11.8. The molecule has 1 aromatic heterocycles. The summed E-state index contributed by atoms with van der Waals surface area (Å²) in [4.78, 5) is 11.8. The zero-order valence-electron chi connectivity index (χ0n) is 9.28. The van der Waals surface area contributed by atoms with Crippen LogP contribution >= 0.6 is 0 Å². The van der Waals surface area contributed by atoms with Crippen molar-refractivity contribution in [3.05, 3.63) is 24.0 Å². The molecule has 1 saturated carbocycles. The molecule has 0 atom stereocenters. The van der Waals surface area contributed by atoms with E-state index in [2.05, 4.69) is 15.8 Å². The van der Waals surface area contributed by atoms with Crippen LogP contribution in [0, 0.1) is 12.3 Å². The van der Waals surface area contributed by atoms with Crippen molar-refractivity contribution in [2.45, 2.75) is 31.7 Å². The Hall–Kier alpha value is -1.69. The first-order valence-electron chi connectivity index (χ1n) is 5.71. The lowest BCUT2D eigenvalue weighted by atomic mass is 9.93. The third-order valence-electron chi connectivity index (χ3n) is 3.03. The fraction of sp³-hybridized carbons (Fsp3) is 0.462. The monoisotopic (exact) mass is 216 g/mol. The number of carbonyl (C=O) groups is 1. The first-order valence-corrected chi connectivity index (χ1v) is 5.71. The molecule has 1 aliphatic rings. The van der Waals surface area contributed by atoms with Gasteiger partial charge in [0.2, 0.25) is 0 Å². The lowest BCUT2D eigenvalue weighted by Crippen LogP contribution is -2.29. The maximum Gasteiger partial charge on any atom is 0.267 e. The second kappa shape index (κ2) is 4.89. The number of rotatable bonds is 4. The third kappa shape index (κ3) is 2.11. The quantitative estimate of drug-likeness (QED) is 0.606. The van der Waals surface area contributed by atoms with Crippen LogP contribution in [0.1, 0.15) is 42.2 Å². The number of carbonyl (C=O) groups excluding carboxylic acids is 1. The summed E-state index contributed by atoms with van der Waals surface area (Å²) in [6.45, 7) is 0.547. The van der Waals surface area contributed by atoms with Crippen molar-refractivity contribution in [1.82, 2.24) is 9.88 Å². The Morgan fingerprint density at radius 2 is 2.44 bits per heavy atom. The standard InChI is InChI=1S/C13H16N2O/c1-2-3-9-14-13(16)12-8-5-10-15(12)11-6-4-7-11/h1,5,8,10-11H,3-4,6-7,9H2,(H,14,16). The van der Waals surface area contributed by atoms with E-state index in [1.165, 1.54) is 19.3 Å². The Morgan fingerprint density at radius 3 is 3.06 bits per heavy atom. The van der Waals surface area contributed by atoms with E-state index in [1.54, 1.807) is 0 Å². The van der Waals surface area contributed by atoms with Crippen molar-refractivity contribution in [2.24, 2.45) is 0 Å². The molecule has 0 unspecified atom stereocenters. The van der Waals surface area contributed by atoms with Crippen molar-refractivity contribution < 1.29 is 4.79 Å². The van der Waals surface area contributed by atoms with Crippen LogP contribution in [0.5, 0.6) is 0 Å². The molecule has 2 rings (SSSR count). The minimum Gasteiger partial charge on any atom is -0.350 e. The van der Waals surface area contributed by atoms with Crippen molar-refractivity contribution in [2.75, 3.05) is 6.54 Å². The summed E-state index contributed by atoms with van der Waals surface area (Å²) in [5.41, 5.74) is 0.752. The minimum absolute atomic E-state index is 0.0212. The normalized spacial score (nSPS) is 15.2. The number of amides is 1. The summed E-state index contributed by atoms with van der Waals surface area (Å²) in [5.74, 6) is 2.49. The Kier molecular flexibility index (Phi) is 3.31. The fourth-order valence-electron chi connectivity index (χ4n) is 1.91. The zero-order chi connectivity index (χ0) is 11.4. The lowest BCUT2D eigenvalue weighted by Gasteiger charge is -2.28. The predicted molar refractivity (Wildman–Crippen MR) is 63.1 cm³/mol. The highest BCUT2D eigenvalue weighted by Crippen LogP contribution is 2.32. The van der Waals surface area contributed by atoms with Gasteiger partial charge < -0.3 is 9.88 Å². The fourth-order valence-corrected chi connectivity index (χ4v) is 1.91. The molecule has 1 fully saturated rings. The van der Waals surface area contributed by atoms with Crippen molar-refractivity contribution in [3.8, 4) is 12.3 Å². The molecule has 1 aliphatic carbocycles. The molecule has 84 valence electrons. The topological polar surface area (TPSA) is 34.0 Å². The van der Waals surface area contributed by atoms with E-state index in [4.69, 9.17) is 6.42 Å². The molecule has 1 heterocycles. The zero-order valence-corrected chi connectivity index (χ0v) is 9.28. The highest BCUT2D eigenvalue weighted by atomic mass is 16.1. The number of aromatic nitrogens is 1. The predicted octanol–water partition coefficient (Wildman–Crippen LogP) is 1.97. The van der Waals surface area contributed by atoms with Gasteiger partial charge in [0.25, 0.3) is 5.91 Å². The van der Waals surface area contributed by atoms with E-state index >= 15 is 0 Å². The molecule has 16 heavy (non-hydrogen) atoms. The van der Waals surface area contributed by atoms with Crippen LogP contribution in [-0.4, -0.2) is 17.0 Å². The summed E-state index contributed by atoms with van der Waals surface area (Å²) >= 11 is 0. The van der Waals surface area contributed by atoms with Gasteiger partial charge in [0.05, 0.1) is 0 Å². The van der Waals surface area contributed by atoms with Crippen LogP contribution < -0.4 is 5.32 Å². The van der Waals surface area contributed by atoms with E-state index in [0.29, 0.717) is 19.0 Å². The Labute approximate surface area is 95.8 Å². The third-order valence-corrected chi connectivity index (χ3v) is 3.03. The number of nitrogens with one attached hydrogen (secondary N) is 1. The summed E-state index contributed by atoms with van der Waals surface area (Å²) in [5, 5.41) is 2.83. The van der Waals surface area contributed by atoms with Gasteiger partial charge in [-0.2, -0.15) is 0 Å². The number of hydrogen-bond donors (Lipinski definition) is 1. The Bertz CT molecular complexity index is 410. The van der Waals surface area contributed by atoms with Crippen LogP contribution in [0.15, 0.2) is 18.3 Å². The van der Waals surface area contributed by atoms with Crippen molar-refractivity contribution in [3.63, 3.8) is 0 Å². The second-order valence-electron chi connectivity index (χ2n) is 4.10. The maximum atomic E-state index is 11.8. The van der Waals surface area contributed by atoms with E-state index in [-0.39, 0.29) is 5.91 Å². The number of terminal acetylenes is 1. The van der Waals surface area contributed by atoms with Gasteiger partial charge in [0, 0.05) is 25.2 Å². The van der Waals surface area contributed by atoms with Gasteiger partial charge >= 0.3 is 0 Å². The van der Waals surface area contributed by atoms with Gasteiger partial charge in [0.1, 0.15) is 5.69 Å². The summed E-state index contributed by atoms with van der Waals surface area (Å²) in [6.07, 6.45) is 11.3. The van der Waals surface area contributed by atoms with Gasteiger partial charge in [-0.15, -0.1) is 12.3 Å². The molecule has 0 aliphatic heterocycles. The van der Waals surface area contributed by atoms with Gasteiger partial charge in [-0.1, -0.05) is 0 Å². The molecule has 0 aromatic carbocycles. The molecule has 3 nitrogen and oxygen atoms in total. The van der Waals surface area contributed by atoms with E-state index < -0.39 is 0 Å². The molecule has 0 bridgehead atoms. The smallest absolute Gasteiger partial charge is 0.267 e. The first-order chi connectivity index (χ1) is 7.83. The highest BCUT2D eigenvalue weighted by molar-refractivity contribution is 5.92. The summed E-state index contributed by atoms with van der Waals surface area (Å²) in [6, 6.07) is 4.31. The number of nitrogens with zero attached hydrogens (tertiary/aromatic N) is 1. The van der Waals surface area contributed by atoms with Crippen LogP contribution in [0.2, 0.25) is 0 Å². The first kappa shape index (κ1) is 10.8. The second-order valence-corrected chi connectivity index (χ2v) is 4.10. The molecule has 1 N–H and O–H groups in total. The highest BCUT2D eigenvalue weighted by Gasteiger charge is 2.22. The van der Waals surface area contributed by atoms with Crippen molar-refractivity contribution in [1.29, 1.82) is 0 Å². The van der Waals surface area contributed by atoms with E-state index in [1.807, 2.05) is 18.3 Å². The van der Waals surface area contributed by atoms with Gasteiger partial charge in [-0.25, -0.2) is 0 Å². The van der Waals surface area contributed by atoms with Gasteiger partial charge in [-0.3, -0.25) is 4.79 Å². The van der Waals surface area contributed by atoms with Crippen LogP contribution in [-0.2, 0) is 0 Å². The summed E-state index contributed by atoms with van der Waals surface area (Å²) < 4.78 is 2.08. The average molecular weight is 216 g/mol. The molecule has 0 saturated heterocycles. The minimum atomic E-state index is -0.0212. The molecule has 1 amide bonds. The molecule has 3 heteroatoms. The molecule has 1 aromatic rings.